The molecular weight excluding hydrogens is 601 g/mol. The third kappa shape index (κ3) is 4.12. The Balaban J connectivity index is 1.23. The van der Waals surface area contributed by atoms with Crippen molar-refractivity contribution < 1.29 is 4.42 Å². The monoisotopic (exact) mass is 628 g/mol. The molecule has 3 aromatic heterocycles. The molecule has 1 aliphatic rings. The molecular formula is C44H28N4O. The molecule has 6 aromatic carbocycles. The van der Waals surface area contributed by atoms with Crippen LogP contribution in [0.4, 0.5) is 0 Å². The zero-order valence-electron chi connectivity index (χ0n) is 26.6. The second-order valence-electron chi connectivity index (χ2n) is 12.8. The number of fused-ring (bicyclic) bond motifs is 8. The molecule has 0 aliphatic heterocycles. The van der Waals surface area contributed by atoms with Gasteiger partial charge in [0.2, 0.25) is 0 Å². The number of benzene rings is 6. The summed E-state index contributed by atoms with van der Waals surface area (Å²) in [4.78, 5) is 20.0. The molecule has 5 nitrogen and oxygen atoms in total. The Morgan fingerprint density at radius 2 is 1.20 bits per heavy atom. The summed E-state index contributed by atoms with van der Waals surface area (Å²) in [6.45, 7) is 2.34. The highest BCUT2D eigenvalue weighted by Gasteiger charge is 2.43. The molecule has 1 atom stereocenters. The second-order valence-corrected chi connectivity index (χ2v) is 12.8. The van der Waals surface area contributed by atoms with Crippen LogP contribution in [0.25, 0.3) is 78.1 Å². The van der Waals surface area contributed by atoms with Gasteiger partial charge >= 0.3 is 0 Å². The van der Waals surface area contributed by atoms with E-state index < -0.39 is 5.41 Å². The van der Waals surface area contributed by atoms with Crippen LogP contribution in [0.2, 0.25) is 0 Å². The summed E-state index contributed by atoms with van der Waals surface area (Å²) in [7, 11) is 0. The van der Waals surface area contributed by atoms with E-state index in [0.717, 1.165) is 49.5 Å². The maximum atomic E-state index is 6.41. The number of furan rings is 1. The molecule has 1 unspecified atom stereocenters. The van der Waals surface area contributed by atoms with Gasteiger partial charge in [0.15, 0.2) is 17.5 Å². The zero-order chi connectivity index (χ0) is 32.5. The quantitative estimate of drug-likeness (QED) is 0.194. The van der Waals surface area contributed by atoms with Crippen molar-refractivity contribution in [2.24, 2.45) is 0 Å². The Bertz CT molecular complexity index is 2730. The lowest BCUT2D eigenvalue weighted by Crippen LogP contribution is -2.22. The van der Waals surface area contributed by atoms with Gasteiger partial charge in [-0.15, -0.1) is 0 Å². The fraction of sp³-hybridized carbons (Fsp3) is 0.0455. The third-order valence-electron chi connectivity index (χ3n) is 10.1. The van der Waals surface area contributed by atoms with E-state index in [2.05, 4.69) is 97.9 Å². The van der Waals surface area contributed by atoms with Gasteiger partial charge in [0.1, 0.15) is 16.9 Å². The van der Waals surface area contributed by atoms with E-state index >= 15 is 0 Å². The number of rotatable bonds is 4. The van der Waals surface area contributed by atoms with Crippen molar-refractivity contribution in [2.75, 3.05) is 0 Å². The number of hydrogen-bond donors (Lipinski definition) is 0. The van der Waals surface area contributed by atoms with Crippen LogP contribution in [-0.4, -0.2) is 19.9 Å². The van der Waals surface area contributed by atoms with Gasteiger partial charge in [0.25, 0.3) is 0 Å². The Labute approximate surface area is 282 Å². The molecule has 10 rings (SSSR count). The first kappa shape index (κ1) is 27.6. The number of para-hydroxylation sites is 1. The first-order chi connectivity index (χ1) is 24.2. The molecule has 3 heterocycles. The van der Waals surface area contributed by atoms with E-state index in [4.69, 9.17) is 24.4 Å². The van der Waals surface area contributed by atoms with Crippen molar-refractivity contribution >= 4 is 32.7 Å². The van der Waals surface area contributed by atoms with Crippen LogP contribution in [0, 0.1) is 0 Å². The van der Waals surface area contributed by atoms with Crippen LogP contribution in [0.1, 0.15) is 23.6 Å². The summed E-state index contributed by atoms with van der Waals surface area (Å²) < 4.78 is 6.41. The number of pyridine rings is 1. The maximum Gasteiger partial charge on any atom is 0.183 e. The molecule has 1 aliphatic carbocycles. The number of aromatic nitrogens is 4. The van der Waals surface area contributed by atoms with Crippen molar-refractivity contribution in [2.45, 2.75) is 12.3 Å². The largest absolute Gasteiger partial charge is 0.456 e. The van der Waals surface area contributed by atoms with Gasteiger partial charge in [0, 0.05) is 38.9 Å². The van der Waals surface area contributed by atoms with Crippen LogP contribution in [0.15, 0.2) is 156 Å². The molecule has 0 radical (unpaired) electrons. The first-order valence-corrected chi connectivity index (χ1v) is 16.5. The number of nitrogens with zero attached hydrogens (tertiary/aromatic N) is 4. The Morgan fingerprint density at radius 1 is 0.531 bits per heavy atom. The standard InChI is InChI=1S/C44H28N4O/c1-44(30-15-6-3-7-16-30)35-26-29(20-21-32(35)33-22-23-37-38(39(33)44)34-18-10-11-19-36(34)49-37)42-46-41(28-13-4-2-5-14-28)47-43(48-42)40-31-17-9-8-12-27(31)24-25-45-40/h2-26H,1H3. The summed E-state index contributed by atoms with van der Waals surface area (Å²) in [6.07, 6.45) is 1.82. The minimum absolute atomic E-state index is 0.469. The summed E-state index contributed by atoms with van der Waals surface area (Å²) in [5, 5.41) is 4.37. The summed E-state index contributed by atoms with van der Waals surface area (Å²) >= 11 is 0. The molecule has 0 saturated heterocycles. The van der Waals surface area contributed by atoms with E-state index in [1.54, 1.807) is 0 Å². The van der Waals surface area contributed by atoms with E-state index in [-0.39, 0.29) is 0 Å². The normalized spacial score (nSPS) is 15.1. The molecule has 5 heteroatoms. The smallest absolute Gasteiger partial charge is 0.183 e. The van der Waals surface area contributed by atoms with Gasteiger partial charge in [-0.25, -0.2) is 15.0 Å². The summed E-state index contributed by atoms with van der Waals surface area (Å²) in [5.41, 5.74) is 9.99. The van der Waals surface area contributed by atoms with Crippen LogP contribution in [0.3, 0.4) is 0 Å². The van der Waals surface area contributed by atoms with Gasteiger partial charge < -0.3 is 4.42 Å². The van der Waals surface area contributed by atoms with Crippen molar-refractivity contribution in [1.82, 2.24) is 19.9 Å². The first-order valence-electron chi connectivity index (χ1n) is 16.5. The van der Waals surface area contributed by atoms with Crippen LogP contribution in [0.5, 0.6) is 0 Å². The minimum atomic E-state index is -0.469. The lowest BCUT2D eigenvalue weighted by Gasteiger charge is -2.29. The predicted molar refractivity (Wildman–Crippen MR) is 196 cm³/mol. The van der Waals surface area contributed by atoms with Gasteiger partial charge in [-0.05, 0) is 64.4 Å². The highest BCUT2D eigenvalue weighted by Crippen LogP contribution is 2.56. The molecule has 0 saturated carbocycles. The van der Waals surface area contributed by atoms with Crippen LogP contribution in [-0.2, 0) is 5.41 Å². The predicted octanol–water partition coefficient (Wildman–Crippen LogP) is 10.7. The molecule has 0 spiro atoms. The average Bonchev–Trinajstić information content (AvgIpc) is 3.68. The fourth-order valence-electron chi connectivity index (χ4n) is 7.72. The van der Waals surface area contributed by atoms with E-state index in [9.17, 15) is 0 Å². The van der Waals surface area contributed by atoms with Gasteiger partial charge in [0.05, 0.1) is 0 Å². The number of hydrogen-bond acceptors (Lipinski definition) is 5. The lowest BCUT2D eigenvalue weighted by molar-refractivity contribution is 0.667. The minimum Gasteiger partial charge on any atom is -0.456 e. The van der Waals surface area contributed by atoms with Crippen molar-refractivity contribution in [3.63, 3.8) is 0 Å². The van der Waals surface area contributed by atoms with E-state index in [0.29, 0.717) is 17.5 Å². The zero-order valence-corrected chi connectivity index (χ0v) is 26.6. The van der Waals surface area contributed by atoms with Crippen LogP contribution < -0.4 is 0 Å². The van der Waals surface area contributed by atoms with Crippen LogP contribution >= 0.6 is 0 Å². The molecule has 0 fully saturated rings. The van der Waals surface area contributed by atoms with Crippen molar-refractivity contribution in [3.8, 4) is 45.4 Å². The topological polar surface area (TPSA) is 64.7 Å². The molecule has 0 amide bonds. The second kappa shape index (κ2) is 10.5. The van der Waals surface area contributed by atoms with Gasteiger partial charge in [-0.2, -0.15) is 0 Å². The average molecular weight is 629 g/mol. The fourth-order valence-corrected chi connectivity index (χ4v) is 7.72. The summed E-state index contributed by atoms with van der Waals surface area (Å²) in [6, 6.07) is 50.4. The molecule has 0 bridgehead atoms. The van der Waals surface area contributed by atoms with Gasteiger partial charge in [-0.3, -0.25) is 4.98 Å². The molecule has 49 heavy (non-hydrogen) atoms. The SMILES string of the molecule is CC1(c2ccccc2)c2cc(-c3nc(-c4ccccc4)nc(-c4nccc5ccccc45)n3)ccc2-c2ccc3oc4ccccc4c3c21. The Morgan fingerprint density at radius 3 is 2.04 bits per heavy atom. The van der Waals surface area contributed by atoms with Crippen molar-refractivity contribution in [1.29, 1.82) is 0 Å². The van der Waals surface area contributed by atoms with Gasteiger partial charge in [-0.1, -0.05) is 121 Å². The maximum absolute atomic E-state index is 6.41. The highest BCUT2D eigenvalue weighted by molar-refractivity contribution is 6.11. The summed E-state index contributed by atoms with van der Waals surface area (Å²) in [5.74, 6) is 1.75. The molecule has 230 valence electrons. The third-order valence-corrected chi connectivity index (χ3v) is 10.1. The van der Waals surface area contributed by atoms with Crippen molar-refractivity contribution in [3.05, 3.63) is 168 Å². The molecule has 9 aromatic rings. The lowest BCUT2D eigenvalue weighted by atomic mass is 9.73. The Hall–Kier alpha value is -6.46. The van der Waals surface area contributed by atoms with E-state index in [1.165, 1.54) is 27.8 Å². The highest BCUT2D eigenvalue weighted by atomic mass is 16.3. The van der Waals surface area contributed by atoms with E-state index in [1.807, 2.05) is 60.8 Å². The Kier molecular flexibility index (Phi) is 5.94. The molecule has 0 N–H and O–H groups in total.